The van der Waals surface area contributed by atoms with Gasteiger partial charge in [-0.25, -0.2) is 0 Å². The first-order valence-electron chi connectivity index (χ1n) is 7.61. The van der Waals surface area contributed by atoms with Crippen LogP contribution in [0.4, 0.5) is 0 Å². The molecule has 0 radical (unpaired) electrons. The van der Waals surface area contributed by atoms with E-state index in [1.807, 2.05) is 12.1 Å². The van der Waals surface area contributed by atoms with Gasteiger partial charge in [0.2, 0.25) is 0 Å². The molecule has 0 saturated heterocycles. The molecule has 1 N–H and O–H groups in total. The van der Waals surface area contributed by atoms with Gasteiger partial charge in [0.15, 0.2) is 17.1 Å². The van der Waals surface area contributed by atoms with Crippen LogP contribution in [0.5, 0.6) is 11.5 Å². The first-order chi connectivity index (χ1) is 12.3. The molecule has 2 aromatic heterocycles. The largest absolute Gasteiger partial charge is 0.493 e. The van der Waals surface area contributed by atoms with Crippen molar-refractivity contribution in [1.82, 2.24) is 10.3 Å². The summed E-state index contributed by atoms with van der Waals surface area (Å²) in [7, 11) is 1.56. The minimum atomic E-state index is -0.333. The Labute approximate surface area is 144 Å². The molecule has 1 aromatic carbocycles. The number of pyridine rings is 1. The molecule has 0 bridgehead atoms. The van der Waals surface area contributed by atoms with Gasteiger partial charge in [0.25, 0.3) is 5.91 Å². The number of carbonyl (C=O) groups is 1. The maximum Gasteiger partial charge on any atom is 0.287 e. The number of para-hydroxylation sites is 1. The van der Waals surface area contributed by atoms with Gasteiger partial charge < -0.3 is 19.2 Å². The van der Waals surface area contributed by atoms with Crippen molar-refractivity contribution in [3.8, 4) is 23.3 Å². The normalized spacial score (nSPS) is 9.96. The van der Waals surface area contributed by atoms with Gasteiger partial charge in [-0.3, -0.25) is 9.78 Å². The fourth-order valence-electron chi connectivity index (χ4n) is 2.19. The second-order valence-electron chi connectivity index (χ2n) is 5.00. The van der Waals surface area contributed by atoms with Crippen molar-refractivity contribution < 1.29 is 18.7 Å². The number of aromatic nitrogens is 1. The third kappa shape index (κ3) is 4.09. The molecule has 126 valence electrons. The summed E-state index contributed by atoms with van der Waals surface area (Å²) in [6.07, 6.45) is 3.28. The number of furan rings is 1. The lowest BCUT2D eigenvalue weighted by Crippen LogP contribution is -2.23. The van der Waals surface area contributed by atoms with Gasteiger partial charge in [0, 0.05) is 11.6 Å². The molecule has 6 heteroatoms. The van der Waals surface area contributed by atoms with E-state index in [9.17, 15) is 4.79 Å². The zero-order chi connectivity index (χ0) is 17.5. The highest BCUT2D eigenvalue weighted by molar-refractivity contribution is 5.97. The lowest BCUT2D eigenvalue weighted by molar-refractivity contribution is 0.0933. The molecule has 0 aliphatic carbocycles. The van der Waals surface area contributed by atoms with Gasteiger partial charge in [-0.2, -0.15) is 0 Å². The number of carbonyl (C=O) groups excluding carboxylic acids is 1. The van der Waals surface area contributed by atoms with Crippen molar-refractivity contribution in [2.45, 2.75) is 0 Å². The molecule has 6 nitrogen and oxygen atoms in total. The third-order valence-electron chi connectivity index (χ3n) is 3.36. The summed E-state index contributed by atoms with van der Waals surface area (Å²) in [5.41, 5.74) is 0.547. The Morgan fingerprint density at radius 1 is 1.28 bits per heavy atom. The third-order valence-corrected chi connectivity index (χ3v) is 3.36. The molecule has 0 atom stereocenters. The van der Waals surface area contributed by atoms with Crippen molar-refractivity contribution in [2.24, 2.45) is 0 Å². The predicted molar refractivity (Wildman–Crippen MR) is 92.6 cm³/mol. The highest BCUT2D eigenvalue weighted by atomic mass is 16.5. The molecule has 0 spiro atoms. The summed E-state index contributed by atoms with van der Waals surface area (Å²) in [5, 5.41) is 3.49. The molecule has 25 heavy (non-hydrogen) atoms. The van der Waals surface area contributed by atoms with E-state index in [4.69, 9.17) is 13.9 Å². The highest BCUT2D eigenvalue weighted by Crippen LogP contribution is 2.28. The fourth-order valence-corrected chi connectivity index (χ4v) is 2.19. The number of ether oxygens (including phenoxy) is 2. The van der Waals surface area contributed by atoms with Crippen LogP contribution in [0.25, 0.3) is 11.0 Å². The molecular formula is C19H16N2O4. The van der Waals surface area contributed by atoms with Gasteiger partial charge in [-0.15, -0.1) is 0 Å². The van der Waals surface area contributed by atoms with Gasteiger partial charge in [-0.05, 0) is 24.3 Å². The monoisotopic (exact) mass is 336 g/mol. The molecule has 0 fully saturated rings. The Kier molecular flexibility index (Phi) is 5.17. The smallest absolute Gasteiger partial charge is 0.287 e. The number of fused-ring (bicyclic) bond motifs is 1. The SMILES string of the molecule is COc1cccc2cc(C(=O)NCC#CCOc3cccnc3)oc12. The van der Waals surface area contributed by atoms with Crippen LogP contribution in [-0.4, -0.2) is 31.2 Å². The molecule has 0 saturated carbocycles. The Morgan fingerprint density at radius 3 is 3.00 bits per heavy atom. The Morgan fingerprint density at radius 2 is 2.20 bits per heavy atom. The number of nitrogens with one attached hydrogen (secondary N) is 1. The molecule has 0 aliphatic rings. The number of amides is 1. The summed E-state index contributed by atoms with van der Waals surface area (Å²) in [6, 6.07) is 10.7. The lowest BCUT2D eigenvalue weighted by Gasteiger charge is -2.00. The standard InChI is InChI=1S/C19H16N2O4/c1-23-16-8-4-6-14-12-17(25-18(14)16)19(22)21-10-2-3-11-24-15-7-5-9-20-13-15/h4-9,12-13H,10-11H2,1H3,(H,21,22). The van der Waals surface area contributed by atoms with Gasteiger partial charge >= 0.3 is 0 Å². The van der Waals surface area contributed by atoms with Gasteiger partial charge in [0.1, 0.15) is 12.4 Å². The molecule has 2 heterocycles. The number of rotatable bonds is 5. The molecule has 3 rings (SSSR count). The molecule has 0 unspecified atom stereocenters. The predicted octanol–water partition coefficient (Wildman–Crippen LogP) is 2.65. The van der Waals surface area contributed by atoms with Crippen LogP contribution in [0, 0.1) is 11.8 Å². The first kappa shape index (κ1) is 16.4. The van der Waals surface area contributed by atoms with E-state index in [0.717, 1.165) is 5.39 Å². The van der Waals surface area contributed by atoms with E-state index in [-0.39, 0.29) is 24.8 Å². The maximum atomic E-state index is 12.1. The second-order valence-corrected chi connectivity index (χ2v) is 5.00. The number of benzene rings is 1. The number of hydrogen-bond acceptors (Lipinski definition) is 5. The highest BCUT2D eigenvalue weighted by Gasteiger charge is 2.13. The van der Waals surface area contributed by atoms with Crippen molar-refractivity contribution in [2.75, 3.05) is 20.3 Å². The first-order valence-corrected chi connectivity index (χ1v) is 7.61. The zero-order valence-electron chi connectivity index (χ0n) is 13.6. The van der Waals surface area contributed by atoms with Gasteiger partial charge in [-0.1, -0.05) is 24.0 Å². The number of methoxy groups -OCH3 is 1. The quantitative estimate of drug-likeness (QED) is 0.725. The van der Waals surface area contributed by atoms with Crippen LogP contribution in [0.15, 0.2) is 53.2 Å². The number of nitrogens with zero attached hydrogens (tertiary/aromatic N) is 1. The lowest BCUT2D eigenvalue weighted by atomic mass is 10.2. The van der Waals surface area contributed by atoms with E-state index in [0.29, 0.717) is 17.1 Å². The Hall–Kier alpha value is -3.46. The molecule has 3 aromatic rings. The second kappa shape index (κ2) is 7.88. The van der Waals surface area contributed by atoms with Crippen LogP contribution in [0.3, 0.4) is 0 Å². The van der Waals surface area contributed by atoms with Crippen molar-refractivity contribution in [3.05, 3.63) is 54.6 Å². The summed E-state index contributed by atoms with van der Waals surface area (Å²) in [6.45, 7) is 0.423. The Balaban J connectivity index is 1.52. The Bertz CT molecular complexity index is 923. The minimum absolute atomic E-state index is 0.198. The molecule has 1 amide bonds. The fraction of sp³-hybridized carbons (Fsp3) is 0.158. The van der Waals surface area contributed by atoms with E-state index in [1.54, 1.807) is 43.8 Å². The zero-order valence-corrected chi connectivity index (χ0v) is 13.6. The van der Waals surface area contributed by atoms with Crippen LogP contribution in [0.2, 0.25) is 0 Å². The summed E-state index contributed by atoms with van der Waals surface area (Å²) in [4.78, 5) is 16.1. The van der Waals surface area contributed by atoms with Crippen molar-refractivity contribution >= 4 is 16.9 Å². The van der Waals surface area contributed by atoms with E-state index in [2.05, 4.69) is 22.1 Å². The number of hydrogen-bond donors (Lipinski definition) is 1. The summed E-state index contributed by atoms with van der Waals surface area (Å²) >= 11 is 0. The molecule has 0 aliphatic heterocycles. The van der Waals surface area contributed by atoms with E-state index in [1.165, 1.54) is 0 Å². The van der Waals surface area contributed by atoms with Crippen molar-refractivity contribution in [3.63, 3.8) is 0 Å². The maximum absolute atomic E-state index is 12.1. The average molecular weight is 336 g/mol. The van der Waals surface area contributed by atoms with Gasteiger partial charge in [0.05, 0.1) is 19.9 Å². The van der Waals surface area contributed by atoms with Crippen molar-refractivity contribution in [1.29, 1.82) is 0 Å². The summed E-state index contributed by atoms with van der Waals surface area (Å²) in [5.74, 6) is 6.76. The summed E-state index contributed by atoms with van der Waals surface area (Å²) < 4.78 is 16.2. The van der Waals surface area contributed by atoms with Crippen LogP contribution in [0.1, 0.15) is 10.6 Å². The van der Waals surface area contributed by atoms with E-state index < -0.39 is 0 Å². The topological polar surface area (TPSA) is 73.6 Å². The minimum Gasteiger partial charge on any atom is -0.493 e. The average Bonchev–Trinajstić information content (AvgIpc) is 3.09. The van der Waals surface area contributed by atoms with Crippen LogP contribution >= 0.6 is 0 Å². The van der Waals surface area contributed by atoms with E-state index >= 15 is 0 Å². The molecular weight excluding hydrogens is 320 g/mol. The van der Waals surface area contributed by atoms with Crippen LogP contribution < -0.4 is 14.8 Å². The van der Waals surface area contributed by atoms with Crippen LogP contribution in [-0.2, 0) is 0 Å².